The minimum atomic E-state index is -0.376. The summed E-state index contributed by atoms with van der Waals surface area (Å²) in [4.78, 5) is 0. The van der Waals surface area contributed by atoms with Gasteiger partial charge in [-0.25, -0.2) is 0 Å². The minimum absolute atomic E-state index is 0.0911. The summed E-state index contributed by atoms with van der Waals surface area (Å²) in [6, 6.07) is 8.45. The van der Waals surface area contributed by atoms with E-state index in [0.29, 0.717) is 6.04 Å². The largest absolute Gasteiger partial charge is 0.394 e. The van der Waals surface area contributed by atoms with Gasteiger partial charge in [-0.3, -0.25) is 0 Å². The van der Waals surface area contributed by atoms with E-state index in [9.17, 15) is 5.11 Å². The van der Waals surface area contributed by atoms with Gasteiger partial charge in [-0.1, -0.05) is 35.0 Å². The number of rotatable bonds is 5. The van der Waals surface area contributed by atoms with Gasteiger partial charge in [-0.05, 0) is 38.0 Å². The number of hydrogen-bond donors (Lipinski definition) is 2. The topological polar surface area (TPSA) is 32.3 Å². The van der Waals surface area contributed by atoms with E-state index in [1.54, 1.807) is 0 Å². The molecule has 0 fully saturated rings. The fourth-order valence-electron chi connectivity index (χ4n) is 1.70. The van der Waals surface area contributed by atoms with Gasteiger partial charge < -0.3 is 10.4 Å². The van der Waals surface area contributed by atoms with Crippen molar-refractivity contribution in [3.63, 3.8) is 0 Å². The van der Waals surface area contributed by atoms with Crippen molar-refractivity contribution in [1.29, 1.82) is 0 Å². The van der Waals surface area contributed by atoms with Crippen LogP contribution in [-0.4, -0.2) is 17.8 Å². The maximum atomic E-state index is 9.60. The van der Waals surface area contributed by atoms with E-state index in [1.807, 2.05) is 31.2 Å². The van der Waals surface area contributed by atoms with Crippen molar-refractivity contribution in [2.24, 2.45) is 0 Å². The van der Waals surface area contributed by atoms with E-state index in [4.69, 9.17) is 0 Å². The highest BCUT2D eigenvalue weighted by Crippen LogP contribution is 2.24. The Morgan fingerprint density at radius 1 is 1.50 bits per heavy atom. The number of hydrogen-bond acceptors (Lipinski definition) is 2. The van der Waals surface area contributed by atoms with Crippen molar-refractivity contribution < 1.29 is 5.11 Å². The first kappa shape index (κ1) is 13.7. The third kappa shape index (κ3) is 3.30. The Hall–Kier alpha value is -0.380. The van der Waals surface area contributed by atoms with E-state index in [1.165, 1.54) is 0 Å². The van der Waals surface area contributed by atoms with Crippen LogP contribution in [0.1, 0.15) is 32.8 Å². The lowest BCUT2D eigenvalue weighted by Gasteiger charge is -2.32. The summed E-state index contributed by atoms with van der Waals surface area (Å²) < 4.78 is 1.04. The van der Waals surface area contributed by atoms with Crippen LogP contribution in [0.15, 0.2) is 28.7 Å². The summed E-state index contributed by atoms with van der Waals surface area (Å²) in [5.41, 5.74) is 0.726. The summed E-state index contributed by atoms with van der Waals surface area (Å²) in [5, 5.41) is 13.1. The molecule has 0 saturated heterocycles. The van der Waals surface area contributed by atoms with E-state index in [2.05, 4.69) is 35.1 Å². The quantitative estimate of drug-likeness (QED) is 0.872. The Morgan fingerprint density at radius 3 is 2.69 bits per heavy atom. The van der Waals surface area contributed by atoms with Gasteiger partial charge in [0.1, 0.15) is 0 Å². The van der Waals surface area contributed by atoms with Crippen LogP contribution < -0.4 is 5.32 Å². The Kier molecular flexibility index (Phi) is 4.96. The smallest absolute Gasteiger partial charge is 0.0652 e. The third-order valence-electron chi connectivity index (χ3n) is 2.96. The summed E-state index contributed by atoms with van der Waals surface area (Å²) >= 11 is 3.46. The molecule has 0 aromatic heterocycles. The van der Waals surface area contributed by atoms with Gasteiger partial charge in [0.25, 0.3) is 0 Å². The monoisotopic (exact) mass is 285 g/mol. The molecule has 0 aliphatic heterocycles. The summed E-state index contributed by atoms with van der Waals surface area (Å²) in [6.45, 7) is 6.39. The molecule has 0 aliphatic rings. The zero-order valence-electron chi connectivity index (χ0n) is 10.1. The molecule has 2 unspecified atom stereocenters. The molecule has 0 radical (unpaired) electrons. The highest BCUT2D eigenvalue weighted by atomic mass is 79.9. The molecule has 0 bridgehead atoms. The molecule has 0 saturated carbocycles. The molecule has 1 aromatic rings. The lowest BCUT2D eigenvalue weighted by Crippen LogP contribution is -2.47. The molecule has 0 spiro atoms. The second-order valence-corrected chi connectivity index (χ2v) is 5.37. The molecule has 2 atom stereocenters. The fraction of sp³-hybridized carbons (Fsp3) is 0.538. The predicted octanol–water partition coefficient (Wildman–Crippen LogP) is 3.04. The SMILES string of the molecule is CCC(C)NC(C)(CO)c1cccc(Br)c1. The van der Waals surface area contributed by atoms with Crippen LogP contribution in [0.2, 0.25) is 0 Å². The number of aliphatic hydroxyl groups excluding tert-OH is 1. The third-order valence-corrected chi connectivity index (χ3v) is 3.45. The molecule has 0 amide bonds. The first-order valence-corrected chi connectivity index (χ1v) is 6.45. The van der Waals surface area contributed by atoms with Gasteiger partial charge in [0.15, 0.2) is 0 Å². The number of halogens is 1. The van der Waals surface area contributed by atoms with Gasteiger partial charge in [-0.15, -0.1) is 0 Å². The van der Waals surface area contributed by atoms with Crippen LogP contribution in [-0.2, 0) is 5.54 Å². The van der Waals surface area contributed by atoms with E-state index >= 15 is 0 Å². The average molecular weight is 286 g/mol. The molecule has 1 rings (SSSR count). The van der Waals surface area contributed by atoms with Crippen LogP contribution in [0.5, 0.6) is 0 Å². The fourth-order valence-corrected chi connectivity index (χ4v) is 2.10. The van der Waals surface area contributed by atoms with Gasteiger partial charge in [0.2, 0.25) is 0 Å². The van der Waals surface area contributed by atoms with E-state index < -0.39 is 0 Å². The summed E-state index contributed by atoms with van der Waals surface area (Å²) in [6.07, 6.45) is 1.05. The molecular formula is C13H20BrNO. The van der Waals surface area contributed by atoms with Gasteiger partial charge >= 0.3 is 0 Å². The summed E-state index contributed by atoms with van der Waals surface area (Å²) in [5.74, 6) is 0. The van der Waals surface area contributed by atoms with Gasteiger partial charge in [-0.2, -0.15) is 0 Å². The average Bonchev–Trinajstić information content (AvgIpc) is 2.28. The molecule has 2 nitrogen and oxygen atoms in total. The molecular weight excluding hydrogens is 266 g/mol. The zero-order chi connectivity index (χ0) is 12.2. The highest BCUT2D eigenvalue weighted by Gasteiger charge is 2.26. The second-order valence-electron chi connectivity index (χ2n) is 4.45. The Labute approximate surface area is 106 Å². The molecule has 0 heterocycles. The second kappa shape index (κ2) is 5.80. The lowest BCUT2D eigenvalue weighted by atomic mass is 9.92. The molecule has 1 aromatic carbocycles. The maximum Gasteiger partial charge on any atom is 0.0652 e. The number of nitrogens with one attached hydrogen (secondary N) is 1. The van der Waals surface area contributed by atoms with Crippen molar-refractivity contribution in [3.05, 3.63) is 34.3 Å². The number of benzene rings is 1. The maximum absolute atomic E-state index is 9.60. The van der Waals surface area contributed by atoms with Crippen molar-refractivity contribution in [3.8, 4) is 0 Å². The highest BCUT2D eigenvalue weighted by molar-refractivity contribution is 9.10. The zero-order valence-corrected chi connectivity index (χ0v) is 11.7. The van der Waals surface area contributed by atoms with E-state index in [-0.39, 0.29) is 12.1 Å². The number of aliphatic hydroxyl groups is 1. The molecule has 0 aliphatic carbocycles. The molecule has 3 heteroatoms. The lowest BCUT2D eigenvalue weighted by molar-refractivity contribution is 0.162. The molecule has 16 heavy (non-hydrogen) atoms. The van der Waals surface area contributed by atoms with Crippen LogP contribution in [0.25, 0.3) is 0 Å². The Bertz CT molecular complexity index is 342. The first-order chi connectivity index (χ1) is 7.51. The molecule has 90 valence electrons. The Balaban J connectivity index is 2.95. The van der Waals surface area contributed by atoms with Crippen LogP contribution in [0, 0.1) is 0 Å². The minimum Gasteiger partial charge on any atom is -0.394 e. The standard InChI is InChI=1S/C13H20BrNO/c1-4-10(2)15-13(3,9-16)11-6-5-7-12(14)8-11/h5-8,10,15-16H,4,9H2,1-3H3. The van der Waals surface area contributed by atoms with Crippen LogP contribution >= 0.6 is 15.9 Å². The van der Waals surface area contributed by atoms with Crippen molar-refractivity contribution in [2.45, 2.75) is 38.8 Å². The summed E-state index contributed by atoms with van der Waals surface area (Å²) in [7, 11) is 0. The first-order valence-electron chi connectivity index (χ1n) is 5.66. The van der Waals surface area contributed by atoms with Gasteiger partial charge in [0.05, 0.1) is 12.1 Å². The Morgan fingerprint density at radius 2 is 2.19 bits per heavy atom. The van der Waals surface area contributed by atoms with Crippen molar-refractivity contribution in [1.82, 2.24) is 5.32 Å². The van der Waals surface area contributed by atoms with Crippen LogP contribution in [0.4, 0.5) is 0 Å². The molecule has 2 N–H and O–H groups in total. The van der Waals surface area contributed by atoms with Crippen molar-refractivity contribution in [2.75, 3.05) is 6.61 Å². The van der Waals surface area contributed by atoms with E-state index in [0.717, 1.165) is 16.5 Å². The van der Waals surface area contributed by atoms with Crippen LogP contribution in [0.3, 0.4) is 0 Å². The van der Waals surface area contributed by atoms with Crippen molar-refractivity contribution >= 4 is 15.9 Å². The normalized spacial score (nSPS) is 16.8. The predicted molar refractivity (Wildman–Crippen MR) is 71.5 cm³/mol. The van der Waals surface area contributed by atoms with Gasteiger partial charge in [0, 0.05) is 10.5 Å².